The molecular weight excluding hydrogens is 789 g/mol. The molecule has 0 bridgehead atoms. The summed E-state index contributed by atoms with van der Waals surface area (Å²) in [7, 11) is 0. The Bertz CT molecular complexity index is 1830. The number of benzene rings is 4. The Morgan fingerprint density at radius 2 is 1.25 bits per heavy atom. The molecular formula is C39H42Cl4Hf. The molecule has 0 amide bonds. The molecule has 2 aliphatic carbocycles. The average molecular weight is 831 g/mol. The van der Waals surface area contributed by atoms with E-state index in [9.17, 15) is 0 Å². The monoisotopic (exact) mass is 830 g/mol. The number of fused-ring (bicyclic) bond motifs is 3. The van der Waals surface area contributed by atoms with Gasteiger partial charge in [0, 0.05) is 0 Å². The predicted octanol–water partition coefficient (Wildman–Crippen LogP) is 10.2. The van der Waals surface area contributed by atoms with Crippen LogP contribution in [-0.2, 0) is 35.3 Å². The number of hydrogen-bond donors (Lipinski definition) is 0. The third-order valence-electron chi connectivity index (χ3n) is 9.75. The first-order valence-electron chi connectivity index (χ1n) is 14.9. The van der Waals surface area contributed by atoms with Crippen molar-refractivity contribution in [1.29, 1.82) is 0 Å². The van der Waals surface area contributed by atoms with E-state index in [4.69, 9.17) is 27.5 Å². The van der Waals surface area contributed by atoms with Crippen LogP contribution in [0.5, 0.6) is 0 Å². The van der Waals surface area contributed by atoms with Gasteiger partial charge in [-0.3, -0.25) is 0 Å². The van der Waals surface area contributed by atoms with Gasteiger partial charge < -0.3 is 0 Å². The molecule has 0 aliphatic heterocycles. The third-order valence-corrected chi connectivity index (χ3v) is 33.9. The van der Waals surface area contributed by atoms with Crippen LogP contribution in [0, 0.1) is 0 Å². The van der Waals surface area contributed by atoms with Gasteiger partial charge in [0.05, 0.1) is 0 Å². The molecule has 4 aromatic rings. The fourth-order valence-corrected chi connectivity index (χ4v) is 30.9. The van der Waals surface area contributed by atoms with E-state index in [1.807, 2.05) is 12.1 Å². The van der Waals surface area contributed by atoms with E-state index < -0.39 is 18.0 Å². The summed E-state index contributed by atoms with van der Waals surface area (Å²) in [4.78, 5) is 0. The molecule has 0 unspecified atom stereocenters. The Hall–Kier alpha value is -1.74. The van der Waals surface area contributed by atoms with Crippen LogP contribution < -0.4 is 9.96 Å². The Morgan fingerprint density at radius 3 is 1.75 bits per heavy atom. The van der Waals surface area contributed by atoms with Gasteiger partial charge in [-0.15, -0.1) is 24.8 Å². The van der Waals surface area contributed by atoms with Gasteiger partial charge in [-0.05, 0) is 0 Å². The van der Waals surface area contributed by atoms with Crippen LogP contribution in [0.2, 0.25) is 10.0 Å². The Labute approximate surface area is 287 Å². The van der Waals surface area contributed by atoms with Crippen LogP contribution >= 0.6 is 48.0 Å². The van der Waals surface area contributed by atoms with Crippen molar-refractivity contribution in [2.75, 3.05) is 0 Å². The quantitative estimate of drug-likeness (QED) is 0.158. The van der Waals surface area contributed by atoms with Crippen molar-refractivity contribution < 1.29 is 18.0 Å². The number of halogens is 4. The van der Waals surface area contributed by atoms with E-state index in [-0.39, 0.29) is 35.6 Å². The topological polar surface area (TPSA) is 0 Å². The van der Waals surface area contributed by atoms with Crippen LogP contribution in [0.25, 0.3) is 11.1 Å². The molecule has 0 aromatic heterocycles. The van der Waals surface area contributed by atoms with Gasteiger partial charge in [0.15, 0.2) is 0 Å². The molecule has 0 nitrogen and oxygen atoms in total. The minimum atomic E-state index is -5.08. The van der Waals surface area contributed by atoms with E-state index in [0.29, 0.717) is 0 Å². The van der Waals surface area contributed by atoms with Crippen molar-refractivity contribution in [2.24, 2.45) is 0 Å². The Kier molecular flexibility index (Phi) is 9.68. The number of allylic oxidation sites excluding steroid dienone is 4. The molecule has 6 rings (SSSR count). The molecule has 5 heteroatoms. The first kappa shape index (κ1) is 35.1. The zero-order chi connectivity index (χ0) is 30.1. The first-order valence-corrected chi connectivity index (χ1v) is 25.4. The zero-order valence-electron chi connectivity index (χ0n) is 26.4. The maximum atomic E-state index is 6.83. The summed E-state index contributed by atoms with van der Waals surface area (Å²) < 4.78 is 11.0. The molecule has 230 valence electrons. The maximum absolute atomic E-state index is 6.83. The molecule has 0 spiro atoms. The van der Waals surface area contributed by atoms with Gasteiger partial charge in [0.1, 0.15) is 0 Å². The van der Waals surface area contributed by atoms with Gasteiger partial charge in [-0.2, -0.15) is 0 Å². The summed E-state index contributed by atoms with van der Waals surface area (Å²) in [6, 6.07) is 29.2. The summed E-state index contributed by atoms with van der Waals surface area (Å²) in [5.74, 6) is 0. The summed E-state index contributed by atoms with van der Waals surface area (Å²) in [6.45, 7) is 13.9. The second-order valence-electron chi connectivity index (χ2n) is 14.4. The van der Waals surface area contributed by atoms with Crippen LogP contribution in [0.4, 0.5) is 0 Å². The van der Waals surface area contributed by atoms with Crippen molar-refractivity contribution >= 4 is 62.2 Å². The van der Waals surface area contributed by atoms with E-state index in [1.165, 1.54) is 46.7 Å². The Morgan fingerprint density at radius 1 is 0.682 bits per heavy atom. The molecule has 44 heavy (non-hydrogen) atoms. The molecule has 0 atom stereocenters. The second kappa shape index (κ2) is 12.1. The molecule has 0 saturated carbocycles. The first-order chi connectivity index (χ1) is 19.7. The van der Waals surface area contributed by atoms with Crippen molar-refractivity contribution in [3.63, 3.8) is 0 Å². The van der Waals surface area contributed by atoms with E-state index in [2.05, 4.69) is 127 Å². The van der Waals surface area contributed by atoms with Crippen molar-refractivity contribution in [3.8, 4) is 11.1 Å². The van der Waals surface area contributed by atoms with Crippen LogP contribution in [0.15, 0.2) is 100 Å². The zero-order valence-corrected chi connectivity index (χ0v) is 33.2. The fourth-order valence-electron chi connectivity index (χ4n) is 7.21. The van der Waals surface area contributed by atoms with Crippen molar-refractivity contribution in [1.82, 2.24) is 0 Å². The fraction of sp³-hybridized carbons (Fsp3) is 0.256. The molecule has 0 radical (unpaired) electrons. The summed E-state index contributed by atoms with van der Waals surface area (Å²) in [5.41, 5.74) is 8.27. The molecule has 4 aromatic carbocycles. The standard InChI is InChI=1S/C21H25.2C6H4Cl.C5H5.CH2.2ClH.Hf/c1-20(2,3)16-9-7-14-11-15-8-10-17(21(4,5)6)13-19(15)18(14)12-16;2*7-6-4-2-1-3-5-6;1-2-4-5-3-1;;;;/h7,9-10,12-13H,11H2,1-6H3;2*1-2,4-5H;1-3H,4H2;1H2;2*1H;. The molecule has 0 fully saturated rings. The van der Waals surface area contributed by atoms with Crippen LogP contribution in [0.3, 0.4) is 0 Å². The SMILES string of the molecule is Cl.Cl.[CH2]=[Hf]([C]1=CC=CC1)([c]1cccc(Cl)c1)([c]1cccc(Cl)c1)[c]1cc(C(C)(C)C)cc2c1Cc1ccc(C(C)(C)C)cc1-2. The third kappa shape index (κ3) is 5.50. The Balaban J connectivity index is 0.00000221. The van der Waals surface area contributed by atoms with Gasteiger partial charge >= 0.3 is 265 Å². The summed E-state index contributed by atoms with van der Waals surface area (Å²) in [5, 5.41) is 1.49. The average Bonchev–Trinajstić information content (AvgIpc) is 3.60. The molecule has 0 heterocycles. The molecule has 0 saturated heterocycles. The molecule has 2 aliphatic rings. The van der Waals surface area contributed by atoms with Crippen LogP contribution in [-0.4, -0.2) is 4.26 Å². The van der Waals surface area contributed by atoms with E-state index in [0.717, 1.165) is 22.9 Å². The van der Waals surface area contributed by atoms with Gasteiger partial charge in [0.25, 0.3) is 0 Å². The van der Waals surface area contributed by atoms with Gasteiger partial charge in [-0.25, -0.2) is 0 Å². The predicted molar refractivity (Wildman–Crippen MR) is 197 cm³/mol. The summed E-state index contributed by atoms with van der Waals surface area (Å²) >= 11 is 8.57. The van der Waals surface area contributed by atoms with Crippen LogP contribution in [0.1, 0.15) is 70.2 Å². The van der Waals surface area contributed by atoms with E-state index in [1.54, 1.807) is 0 Å². The second-order valence-corrected chi connectivity index (χ2v) is 34.1. The number of hydrogen-bond acceptors (Lipinski definition) is 0. The molecule has 0 N–H and O–H groups in total. The summed E-state index contributed by atoms with van der Waals surface area (Å²) in [6.07, 6.45) is 8.62. The van der Waals surface area contributed by atoms with E-state index >= 15 is 0 Å². The van der Waals surface area contributed by atoms with Gasteiger partial charge in [0.2, 0.25) is 0 Å². The number of rotatable bonds is 4. The van der Waals surface area contributed by atoms with Crippen molar-refractivity contribution in [2.45, 2.75) is 65.2 Å². The normalized spacial score (nSPS) is 14.3. The minimum absolute atomic E-state index is 0. The van der Waals surface area contributed by atoms with Crippen molar-refractivity contribution in [3.05, 3.63) is 133 Å². The van der Waals surface area contributed by atoms with Gasteiger partial charge in [-0.1, -0.05) is 0 Å².